The van der Waals surface area contributed by atoms with E-state index in [0.29, 0.717) is 28.5 Å². The number of hydrogen-bond acceptors (Lipinski definition) is 7. The van der Waals surface area contributed by atoms with Crippen LogP contribution < -0.4 is 15.2 Å². The molecule has 4 rings (SSSR count). The zero-order valence-corrected chi connectivity index (χ0v) is 16.1. The van der Waals surface area contributed by atoms with Gasteiger partial charge in [0.15, 0.2) is 11.5 Å². The van der Waals surface area contributed by atoms with Crippen LogP contribution in [0.3, 0.4) is 0 Å². The number of aryl methyl sites for hydroxylation is 1. The van der Waals surface area contributed by atoms with Crippen LogP contribution in [-0.4, -0.2) is 33.8 Å². The summed E-state index contributed by atoms with van der Waals surface area (Å²) in [5.41, 5.74) is 5.86. The maximum Gasteiger partial charge on any atom is 0.419 e. The first kappa shape index (κ1) is 19.6. The quantitative estimate of drug-likeness (QED) is 0.534. The molecule has 8 nitrogen and oxygen atoms in total. The topological polar surface area (TPSA) is 101 Å². The monoisotopic (exact) mass is 419 g/mol. The van der Waals surface area contributed by atoms with Crippen LogP contribution in [0, 0.1) is 6.92 Å². The summed E-state index contributed by atoms with van der Waals surface area (Å²) in [6.07, 6.45) is -3.40. The molecular formula is C19H16F3N5O3. The average Bonchev–Trinajstić information content (AvgIpc) is 3.23. The van der Waals surface area contributed by atoms with E-state index in [-0.39, 0.29) is 17.3 Å². The minimum atomic E-state index is -4.64. The third kappa shape index (κ3) is 3.17. The van der Waals surface area contributed by atoms with Crippen LogP contribution >= 0.6 is 0 Å². The van der Waals surface area contributed by atoms with Crippen molar-refractivity contribution >= 4 is 11.7 Å². The van der Waals surface area contributed by atoms with Crippen molar-refractivity contribution in [2.24, 2.45) is 0 Å². The SMILES string of the molecule is COc1ccc(-c2nn3c(-c4cnc(N)c(C(F)(F)F)c4)c(C)nc3o2)cc1OC. The number of hydrogen-bond donors (Lipinski definition) is 1. The van der Waals surface area contributed by atoms with Gasteiger partial charge in [-0.25, -0.2) is 4.98 Å². The number of nitrogens with two attached hydrogens (primary N) is 1. The van der Waals surface area contributed by atoms with Gasteiger partial charge in [-0.15, -0.1) is 5.10 Å². The van der Waals surface area contributed by atoms with Crippen LogP contribution in [0.1, 0.15) is 11.3 Å². The number of ether oxygens (including phenoxy) is 2. The Bertz CT molecular complexity index is 1250. The van der Waals surface area contributed by atoms with Crippen molar-refractivity contribution in [1.82, 2.24) is 19.6 Å². The maximum absolute atomic E-state index is 13.2. The summed E-state index contributed by atoms with van der Waals surface area (Å²) >= 11 is 0. The van der Waals surface area contributed by atoms with Crippen LogP contribution in [0.2, 0.25) is 0 Å². The minimum Gasteiger partial charge on any atom is -0.493 e. The molecule has 3 heterocycles. The smallest absolute Gasteiger partial charge is 0.419 e. The fourth-order valence-corrected chi connectivity index (χ4v) is 3.10. The lowest BCUT2D eigenvalue weighted by Crippen LogP contribution is -2.10. The molecule has 0 amide bonds. The molecule has 0 spiro atoms. The highest BCUT2D eigenvalue weighted by molar-refractivity contribution is 5.68. The van der Waals surface area contributed by atoms with E-state index < -0.39 is 17.6 Å². The van der Waals surface area contributed by atoms with E-state index >= 15 is 0 Å². The van der Waals surface area contributed by atoms with Crippen LogP contribution in [0.15, 0.2) is 34.9 Å². The molecular weight excluding hydrogens is 403 g/mol. The lowest BCUT2D eigenvalue weighted by atomic mass is 10.1. The Morgan fingerprint density at radius 2 is 1.80 bits per heavy atom. The standard InChI is InChI=1S/C19H16F3N5O3/c1-9-15(11-6-12(19(20,21)22)16(23)24-8-11)27-18(25-9)30-17(26-27)10-4-5-13(28-2)14(7-10)29-3/h4-8H,1-3H3,(H2,23,24). The number of anilines is 1. The van der Waals surface area contributed by atoms with Crippen molar-refractivity contribution in [2.75, 3.05) is 20.0 Å². The van der Waals surface area contributed by atoms with E-state index in [0.717, 1.165) is 6.07 Å². The van der Waals surface area contributed by atoms with E-state index in [4.69, 9.17) is 19.6 Å². The van der Waals surface area contributed by atoms with Gasteiger partial charge < -0.3 is 19.6 Å². The Hall–Kier alpha value is -3.76. The van der Waals surface area contributed by atoms with Crippen molar-refractivity contribution in [3.63, 3.8) is 0 Å². The van der Waals surface area contributed by atoms with E-state index in [1.54, 1.807) is 25.1 Å². The molecule has 0 fully saturated rings. The number of fused-ring (bicyclic) bond motifs is 1. The van der Waals surface area contributed by atoms with Gasteiger partial charge in [0.1, 0.15) is 11.5 Å². The normalized spacial score (nSPS) is 11.8. The Balaban J connectivity index is 1.85. The zero-order chi connectivity index (χ0) is 21.6. The summed E-state index contributed by atoms with van der Waals surface area (Å²) in [6, 6.07) is 5.99. The number of nitrogens with zero attached hydrogens (tertiary/aromatic N) is 4. The number of aromatic nitrogens is 4. The molecule has 0 unspecified atom stereocenters. The number of pyridine rings is 1. The Labute approximate surface area is 168 Å². The number of alkyl halides is 3. The van der Waals surface area contributed by atoms with Crippen LogP contribution in [0.25, 0.3) is 28.6 Å². The van der Waals surface area contributed by atoms with Gasteiger partial charge in [-0.1, -0.05) is 0 Å². The fraction of sp³-hybridized carbons (Fsp3) is 0.211. The second kappa shape index (κ2) is 6.94. The molecule has 156 valence electrons. The van der Waals surface area contributed by atoms with Gasteiger partial charge in [-0.2, -0.15) is 22.7 Å². The average molecular weight is 419 g/mol. The summed E-state index contributed by atoms with van der Waals surface area (Å²) in [5, 5.41) is 4.38. The summed E-state index contributed by atoms with van der Waals surface area (Å²) in [6.45, 7) is 1.64. The van der Waals surface area contributed by atoms with E-state index in [2.05, 4.69) is 15.1 Å². The predicted molar refractivity (Wildman–Crippen MR) is 101 cm³/mol. The molecule has 0 bridgehead atoms. The molecule has 1 aromatic carbocycles. The molecule has 0 atom stereocenters. The Morgan fingerprint density at radius 1 is 1.07 bits per heavy atom. The lowest BCUT2D eigenvalue weighted by molar-refractivity contribution is -0.137. The summed E-state index contributed by atoms with van der Waals surface area (Å²) < 4.78 is 57.3. The number of nitrogen functional groups attached to an aromatic ring is 1. The number of halogens is 3. The summed E-state index contributed by atoms with van der Waals surface area (Å²) in [7, 11) is 3.01. The third-order valence-electron chi connectivity index (χ3n) is 4.51. The van der Waals surface area contributed by atoms with Gasteiger partial charge in [0.05, 0.1) is 25.5 Å². The third-order valence-corrected chi connectivity index (χ3v) is 4.51. The molecule has 0 radical (unpaired) electrons. The van der Waals surface area contributed by atoms with Gasteiger partial charge in [-0.05, 0) is 31.2 Å². The van der Waals surface area contributed by atoms with E-state index in [9.17, 15) is 13.2 Å². The van der Waals surface area contributed by atoms with Crippen LogP contribution in [0.4, 0.5) is 19.0 Å². The maximum atomic E-state index is 13.2. The second-order valence-corrected chi connectivity index (χ2v) is 6.37. The van der Waals surface area contributed by atoms with E-state index in [1.165, 1.54) is 24.9 Å². The first-order valence-corrected chi connectivity index (χ1v) is 8.64. The number of rotatable bonds is 4. The van der Waals surface area contributed by atoms with E-state index in [1.807, 2.05) is 0 Å². The molecule has 0 aliphatic carbocycles. The summed E-state index contributed by atoms with van der Waals surface area (Å²) in [5.74, 6) is 0.731. The fourth-order valence-electron chi connectivity index (χ4n) is 3.10. The highest BCUT2D eigenvalue weighted by atomic mass is 19.4. The lowest BCUT2D eigenvalue weighted by Gasteiger charge is -2.10. The van der Waals surface area contributed by atoms with Crippen LogP contribution in [-0.2, 0) is 6.18 Å². The van der Waals surface area contributed by atoms with Gasteiger partial charge in [-0.3, -0.25) is 0 Å². The number of imidazole rings is 1. The van der Waals surface area contributed by atoms with Crippen molar-refractivity contribution in [3.05, 3.63) is 41.7 Å². The first-order valence-electron chi connectivity index (χ1n) is 8.64. The molecule has 0 aliphatic heterocycles. The molecule has 3 aromatic heterocycles. The predicted octanol–water partition coefficient (Wildman–Crippen LogP) is 3.98. The molecule has 11 heteroatoms. The molecule has 4 aromatic rings. The molecule has 0 saturated carbocycles. The van der Waals surface area contributed by atoms with Crippen LogP contribution in [0.5, 0.6) is 11.5 Å². The molecule has 0 saturated heterocycles. The minimum absolute atomic E-state index is 0.123. The van der Waals surface area contributed by atoms with Gasteiger partial charge >= 0.3 is 12.0 Å². The van der Waals surface area contributed by atoms with Crippen molar-refractivity contribution in [3.8, 4) is 34.2 Å². The van der Waals surface area contributed by atoms with Gasteiger partial charge in [0.25, 0.3) is 0 Å². The highest BCUT2D eigenvalue weighted by Gasteiger charge is 2.34. The number of benzene rings is 1. The molecule has 30 heavy (non-hydrogen) atoms. The largest absolute Gasteiger partial charge is 0.493 e. The molecule has 0 aliphatic rings. The second-order valence-electron chi connectivity index (χ2n) is 6.37. The summed E-state index contributed by atoms with van der Waals surface area (Å²) in [4.78, 5) is 7.95. The Kier molecular flexibility index (Phi) is 4.52. The van der Waals surface area contributed by atoms with Gasteiger partial charge in [0.2, 0.25) is 5.89 Å². The highest BCUT2D eigenvalue weighted by Crippen LogP contribution is 2.37. The van der Waals surface area contributed by atoms with Crippen molar-refractivity contribution < 1.29 is 27.1 Å². The number of methoxy groups -OCH3 is 2. The van der Waals surface area contributed by atoms with Gasteiger partial charge in [0, 0.05) is 17.3 Å². The Morgan fingerprint density at radius 3 is 2.47 bits per heavy atom. The molecule has 2 N–H and O–H groups in total. The van der Waals surface area contributed by atoms with Crippen molar-refractivity contribution in [1.29, 1.82) is 0 Å². The zero-order valence-electron chi connectivity index (χ0n) is 16.1. The van der Waals surface area contributed by atoms with Crippen molar-refractivity contribution in [2.45, 2.75) is 13.1 Å². The first-order chi connectivity index (χ1) is 14.2.